The van der Waals surface area contributed by atoms with Crippen molar-refractivity contribution in [3.63, 3.8) is 0 Å². The van der Waals surface area contributed by atoms with Crippen LogP contribution >= 0.6 is 0 Å². The molecule has 1 amide bonds. The lowest BCUT2D eigenvalue weighted by molar-refractivity contribution is -0.215. The monoisotopic (exact) mass is 714 g/mol. The highest BCUT2D eigenvalue weighted by molar-refractivity contribution is 5.68. The van der Waals surface area contributed by atoms with Gasteiger partial charge in [0.2, 0.25) is 0 Å². The van der Waals surface area contributed by atoms with Crippen molar-refractivity contribution in [3.8, 4) is 0 Å². The van der Waals surface area contributed by atoms with Gasteiger partial charge < -0.3 is 34.2 Å². The van der Waals surface area contributed by atoms with E-state index in [1.165, 1.54) is 32.4 Å². The number of ether oxygens (including phenoxy) is 3. The second-order valence-corrected chi connectivity index (χ2v) is 20.5. The van der Waals surface area contributed by atoms with Crippen LogP contribution in [-0.2, 0) is 14.2 Å². The molecule has 0 unspecified atom stereocenters. The zero-order valence-electron chi connectivity index (χ0n) is 33.3. The number of carbonyl (C=O) groups is 1. The Labute approximate surface area is 308 Å². The van der Waals surface area contributed by atoms with Crippen LogP contribution in [0.4, 0.5) is 4.79 Å². The van der Waals surface area contributed by atoms with Gasteiger partial charge in [-0.3, -0.25) is 4.90 Å². The van der Waals surface area contributed by atoms with E-state index in [-0.39, 0.29) is 57.4 Å². The number of nitrogens with zero attached hydrogens (tertiary/aromatic N) is 3. The maximum atomic E-state index is 13.6. The molecule has 8 fully saturated rings. The molecule has 9 nitrogen and oxygen atoms in total. The maximum Gasteiger partial charge on any atom is 0.410 e. The summed E-state index contributed by atoms with van der Waals surface area (Å²) in [5.74, 6) is 1.64. The standard InChI is InChI=1S/C42H71N3O6/c1-9-49-35(38(5,6)48)28-25-27(2)32-33(50-28)34(46)40(8)30-12-11-29-37(3,4)31(13-14-41(29)26-42(30,41)16-15-39(32,40)7)51-36(47)45-23-21-44(22-24-45)20-19-43-17-10-18-43/h27-35,46,48H,9-26H2,1-8H3/t27-,28-,29+,30+,31+,32+,33+,34+,35+,39-,40-,41-,42+/m1/s1. The first-order valence-corrected chi connectivity index (χ1v) is 21.1. The van der Waals surface area contributed by atoms with E-state index in [1.807, 2.05) is 25.7 Å². The quantitative estimate of drug-likeness (QED) is 0.326. The van der Waals surface area contributed by atoms with Gasteiger partial charge in [0.05, 0.1) is 23.9 Å². The molecule has 0 aromatic carbocycles. The van der Waals surface area contributed by atoms with E-state index in [9.17, 15) is 15.0 Å². The molecule has 2 N–H and O–H groups in total. The van der Waals surface area contributed by atoms with Gasteiger partial charge in [-0.25, -0.2) is 4.79 Å². The highest BCUT2D eigenvalue weighted by atomic mass is 16.6. The second kappa shape index (κ2) is 12.5. The molecule has 8 rings (SSSR count). The lowest BCUT2D eigenvalue weighted by atomic mass is 9.41. The third-order valence-corrected chi connectivity index (χ3v) is 17.7. The van der Waals surface area contributed by atoms with E-state index >= 15 is 0 Å². The molecule has 3 aliphatic heterocycles. The van der Waals surface area contributed by atoms with Gasteiger partial charge in [-0.1, -0.05) is 34.6 Å². The highest BCUT2D eigenvalue weighted by Gasteiger charge is 2.84. The van der Waals surface area contributed by atoms with E-state index in [0.29, 0.717) is 24.4 Å². The number of hydrogen-bond acceptors (Lipinski definition) is 8. The van der Waals surface area contributed by atoms with Crippen LogP contribution < -0.4 is 0 Å². The van der Waals surface area contributed by atoms with Crippen molar-refractivity contribution in [2.24, 2.45) is 50.7 Å². The largest absolute Gasteiger partial charge is 0.446 e. The molecule has 290 valence electrons. The van der Waals surface area contributed by atoms with Gasteiger partial charge in [0.1, 0.15) is 12.2 Å². The zero-order valence-corrected chi connectivity index (χ0v) is 33.3. The predicted molar refractivity (Wildman–Crippen MR) is 197 cm³/mol. The van der Waals surface area contributed by atoms with Crippen molar-refractivity contribution in [2.45, 2.75) is 149 Å². The van der Waals surface area contributed by atoms with Crippen molar-refractivity contribution < 1.29 is 29.2 Å². The fourth-order valence-corrected chi connectivity index (χ4v) is 14.9. The minimum atomic E-state index is -1.03. The molecule has 3 heterocycles. The van der Waals surface area contributed by atoms with Crippen LogP contribution in [0.15, 0.2) is 0 Å². The number of fused-ring (bicyclic) bond motifs is 4. The highest BCUT2D eigenvalue weighted by Crippen LogP contribution is 2.89. The minimum Gasteiger partial charge on any atom is -0.446 e. The molecule has 0 aromatic heterocycles. The van der Waals surface area contributed by atoms with Crippen molar-refractivity contribution in [3.05, 3.63) is 0 Å². The fourth-order valence-electron chi connectivity index (χ4n) is 14.9. The van der Waals surface area contributed by atoms with Gasteiger partial charge >= 0.3 is 6.09 Å². The van der Waals surface area contributed by atoms with Gasteiger partial charge in [0.25, 0.3) is 0 Å². The number of aliphatic hydroxyl groups is 2. The first-order chi connectivity index (χ1) is 24.0. The number of likely N-dealkylation sites (tertiary alicyclic amines) is 1. The third kappa shape index (κ3) is 5.30. The molecule has 13 atom stereocenters. The first kappa shape index (κ1) is 37.0. The second-order valence-electron chi connectivity index (χ2n) is 20.5. The number of hydrogen-bond donors (Lipinski definition) is 2. The maximum absolute atomic E-state index is 13.6. The molecule has 3 saturated heterocycles. The molecule has 0 radical (unpaired) electrons. The molecule has 9 heteroatoms. The summed E-state index contributed by atoms with van der Waals surface area (Å²) in [5, 5.41) is 23.7. The number of rotatable bonds is 8. The van der Waals surface area contributed by atoms with Crippen LogP contribution in [0.5, 0.6) is 0 Å². The molecule has 5 aliphatic carbocycles. The van der Waals surface area contributed by atoms with Gasteiger partial charge in [0, 0.05) is 56.7 Å². The van der Waals surface area contributed by atoms with Gasteiger partial charge in [-0.15, -0.1) is 0 Å². The van der Waals surface area contributed by atoms with Crippen molar-refractivity contribution >= 4 is 6.09 Å². The van der Waals surface area contributed by atoms with Crippen molar-refractivity contribution in [2.75, 3.05) is 59.0 Å². The summed E-state index contributed by atoms with van der Waals surface area (Å²) >= 11 is 0. The Bertz CT molecular complexity index is 1330. The van der Waals surface area contributed by atoms with E-state index in [2.05, 4.69) is 44.4 Å². The Hall–Kier alpha value is -0.970. The van der Waals surface area contributed by atoms with E-state index < -0.39 is 17.8 Å². The Balaban J connectivity index is 0.959. The van der Waals surface area contributed by atoms with E-state index in [4.69, 9.17) is 14.2 Å². The summed E-state index contributed by atoms with van der Waals surface area (Å²) in [6, 6.07) is 0. The molecule has 8 aliphatic rings. The van der Waals surface area contributed by atoms with Crippen LogP contribution in [0.3, 0.4) is 0 Å². The number of aliphatic hydroxyl groups excluding tert-OH is 1. The van der Waals surface area contributed by atoms with Crippen molar-refractivity contribution in [1.29, 1.82) is 0 Å². The van der Waals surface area contributed by atoms with Gasteiger partial charge in [0.15, 0.2) is 0 Å². The summed E-state index contributed by atoms with van der Waals surface area (Å²) in [7, 11) is 0. The third-order valence-electron chi connectivity index (χ3n) is 17.7. The molecule has 2 spiro atoms. The fraction of sp³-hybridized carbons (Fsp3) is 0.976. The number of amides is 1. The van der Waals surface area contributed by atoms with Crippen LogP contribution in [-0.4, -0.2) is 126 Å². The van der Waals surface area contributed by atoms with Crippen LogP contribution in [0.1, 0.15) is 113 Å². The first-order valence-electron chi connectivity index (χ1n) is 21.1. The van der Waals surface area contributed by atoms with Crippen LogP contribution in [0, 0.1) is 50.7 Å². The average molecular weight is 714 g/mol. The van der Waals surface area contributed by atoms with Gasteiger partial charge in [-0.2, -0.15) is 0 Å². The predicted octanol–water partition coefficient (Wildman–Crippen LogP) is 5.80. The zero-order chi connectivity index (χ0) is 36.4. The molecular weight excluding hydrogens is 642 g/mol. The lowest BCUT2D eigenvalue weighted by Crippen LogP contribution is -2.60. The summed E-state index contributed by atoms with van der Waals surface area (Å²) in [4.78, 5) is 20.6. The molecule has 5 saturated carbocycles. The normalized spacial score (nSPS) is 48.3. The lowest BCUT2D eigenvalue weighted by Gasteiger charge is -2.63. The van der Waals surface area contributed by atoms with E-state index in [0.717, 1.165) is 77.8 Å². The SMILES string of the molecule is CCO[C@@H]([C@H]1C[C@@H](C)[C@H]2[C@H](O1)[C@H](O)[C@@]1(C)[C@@H]3CC[C@H]4C(C)(C)[C@@H](OC(=O)N5CCN(CCN6CCC6)CC5)CC[C@@]45C[C@@]35CC[C@]21C)C(C)(C)O. The average Bonchev–Trinajstić information content (AvgIpc) is 3.68. The van der Waals surface area contributed by atoms with E-state index in [1.54, 1.807) is 0 Å². The molecule has 0 aromatic rings. The van der Waals surface area contributed by atoms with Crippen LogP contribution in [0.2, 0.25) is 0 Å². The molecule has 51 heavy (non-hydrogen) atoms. The van der Waals surface area contributed by atoms with Crippen molar-refractivity contribution in [1.82, 2.24) is 14.7 Å². The summed E-state index contributed by atoms with van der Waals surface area (Å²) < 4.78 is 19.6. The summed E-state index contributed by atoms with van der Waals surface area (Å²) in [5.41, 5.74) is -0.826. The smallest absolute Gasteiger partial charge is 0.410 e. The van der Waals surface area contributed by atoms with Gasteiger partial charge in [-0.05, 0) is 132 Å². The minimum absolute atomic E-state index is 0.00893. The Morgan fingerprint density at radius 3 is 2.20 bits per heavy atom. The summed E-state index contributed by atoms with van der Waals surface area (Å²) in [6.45, 7) is 26.4. The molecule has 0 bridgehead atoms. The molecular formula is C42H71N3O6. The Morgan fingerprint density at radius 2 is 1.57 bits per heavy atom. The Kier molecular flexibility index (Phi) is 9.08. The Morgan fingerprint density at radius 1 is 0.922 bits per heavy atom. The van der Waals surface area contributed by atoms with Crippen LogP contribution in [0.25, 0.3) is 0 Å². The topological polar surface area (TPSA) is 94.9 Å². The number of carbonyl (C=O) groups excluding carboxylic acids is 1. The summed E-state index contributed by atoms with van der Waals surface area (Å²) in [6.07, 6.45) is 8.55. The number of piperazine rings is 1.